The molecule has 0 N–H and O–H groups in total. The Labute approximate surface area is 148 Å². The van der Waals surface area contributed by atoms with Gasteiger partial charge in [-0.15, -0.1) is 0 Å². The number of allylic oxidation sites excluding steroid dienone is 2. The Morgan fingerprint density at radius 3 is 2.44 bits per heavy atom. The van der Waals surface area contributed by atoms with Gasteiger partial charge in [-0.05, 0) is 61.4 Å². The molecule has 0 saturated carbocycles. The first-order chi connectivity index (χ1) is 12.3. The molecule has 0 aliphatic heterocycles. The zero-order valence-electron chi connectivity index (χ0n) is 14.6. The zero-order chi connectivity index (χ0) is 17.5. The standard InChI is InChI=1S/C22H21N3/c1-3-19(15-17(2)21-11-4-6-13-23-21)25-20-10-8-9-18(16-20)22-12-5-7-14-24-22/h4-16H,3H2,1-2H3/b17-15+,25-19?. The Morgan fingerprint density at radius 2 is 1.76 bits per heavy atom. The number of nitrogens with zero attached hydrogens (tertiary/aromatic N) is 3. The van der Waals surface area contributed by atoms with Gasteiger partial charge in [0.25, 0.3) is 0 Å². The lowest BCUT2D eigenvalue weighted by Gasteiger charge is -2.05. The third-order valence-corrected chi connectivity index (χ3v) is 3.89. The van der Waals surface area contributed by atoms with Crippen LogP contribution >= 0.6 is 0 Å². The molecular weight excluding hydrogens is 306 g/mol. The summed E-state index contributed by atoms with van der Waals surface area (Å²) in [5.74, 6) is 0. The van der Waals surface area contributed by atoms with Gasteiger partial charge in [-0.25, -0.2) is 0 Å². The minimum atomic E-state index is 0.859. The summed E-state index contributed by atoms with van der Waals surface area (Å²) in [5, 5.41) is 0. The molecule has 0 atom stereocenters. The molecule has 0 fully saturated rings. The third-order valence-electron chi connectivity index (χ3n) is 3.89. The molecule has 0 amide bonds. The van der Waals surface area contributed by atoms with Gasteiger partial charge in [0.05, 0.1) is 17.1 Å². The van der Waals surface area contributed by atoms with E-state index in [4.69, 9.17) is 4.99 Å². The highest BCUT2D eigenvalue weighted by molar-refractivity contribution is 6.01. The van der Waals surface area contributed by atoms with Crippen LogP contribution in [0.3, 0.4) is 0 Å². The fourth-order valence-electron chi connectivity index (χ4n) is 2.57. The van der Waals surface area contributed by atoms with E-state index in [1.807, 2.05) is 60.9 Å². The van der Waals surface area contributed by atoms with Crippen LogP contribution in [0.2, 0.25) is 0 Å². The number of rotatable bonds is 5. The average Bonchev–Trinajstić information content (AvgIpc) is 2.69. The largest absolute Gasteiger partial charge is 0.257 e. The molecule has 25 heavy (non-hydrogen) atoms. The fourth-order valence-corrected chi connectivity index (χ4v) is 2.57. The van der Waals surface area contributed by atoms with E-state index in [9.17, 15) is 0 Å². The molecule has 3 aromatic rings. The molecule has 124 valence electrons. The molecule has 0 unspecified atom stereocenters. The van der Waals surface area contributed by atoms with Crippen molar-refractivity contribution < 1.29 is 0 Å². The summed E-state index contributed by atoms with van der Waals surface area (Å²) in [7, 11) is 0. The molecular formula is C22H21N3. The monoisotopic (exact) mass is 327 g/mol. The van der Waals surface area contributed by atoms with Gasteiger partial charge in [-0.3, -0.25) is 15.0 Å². The van der Waals surface area contributed by atoms with E-state index in [0.717, 1.165) is 40.3 Å². The molecule has 3 nitrogen and oxygen atoms in total. The minimum absolute atomic E-state index is 0.859. The van der Waals surface area contributed by atoms with Gasteiger partial charge in [0.15, 0.2) is 0 Å². The number of benzene rings is 1. The fraction of sp³-hybridized carbons (Fsp3) is 0.136. The van der Waals surface area contributed by atoms with Crippen LogP contribution in [-0.4, -0.2) is 15.7 Å². The van der Waals surface area contributed by atoms with E-state index in [1.54, 1.807) is 0 Å². The Hall–Kier alpha value is -3.07. The lowest BCUT2D eigenvalue weighted by Crippen LogP contribution is -1.93. The molecule has 0 bridgehead atoms. The number of pyridine rings is 2. The Kier molecular flexibility index (Phi) is 5.47. The van der Waals surface area contributed by atoms with Gasteiger partial charge in [-0.1, -0.05) is 31.2 Å². The summed E-state index contributed by atoms with van der Waals surface area (Å²) in [5.41, 5.74) is 6.08. The maximum Gasteiger partial charge on any atom is 0.0702 e. The molecule has 0 aliphatic rings. The lowest BCUT2D eigenvalue weighted by molar-refractivity contribution is 1.25. The second-order valence-electron chi connectivity index (χ2n) is 5.76. The first kappa shape index (κ1) is 16.8. The third kappa shape index (κ3) is 4.48. The van der Waals surface area contributed by atoms with E-state index in [2.05, 4.69) is 42.0 Å². The highest BCUT2D eigenvalue weighted by atomic mass is 14.7. The number of hydrogen-bond donors (Lipinski definition) is 0. The normalized spacial score (nSPS) is 12.2. The molecule has 1 aromatic carbocycles. The second kappa shape index (κ2) is 8.15. The molecule has 2 heterocycles. The first-order valence-electron chi connectivity index (χ1n) is 8.45. The molecule has 0 radical (unpaired) electrons. The van der Waals surface area contributed by atoms with Crippen LogP contribution in [0.5, 0.6) is 0 Å². The van der Waals surface area contributed by atoms with Crippen LogP contribution in [0.15, 0.2) is 84.1 Å². The molecule has 3 heteroatoms. The van der Waals surface area contributed by atoms with Crippen molar-refractivity contribution in [3.05, 3.63) is 84.8 Å². The quantitative estimate of drug-likeness (QED) is 0.561. The van der Waals surface area contributed by atoms with Crippen molar-refractivity contribution in [2.24, 2.45) is 4.99 Å². The Bertz CT molecular complexity index is 881. The second-order valence-corrected chi connectivity index (χ2v) is 5.76. The van der Waals surface area contributed by atoms with E-state index >= 15 is 0 Å². The van der Waals surface area contributed by atoms with Crippen molar-refractivity contribution in [1.82, 2.24) is 9.97 Å². The van der Waals surface area contributed by atoms with E-state index in [1.165, 1.54) is 0 Å². The number of hydrogen-bond acceptors (Lipinski definition) is 3. The molecule has 0 aliphatic carbocycles. The van der Waals surface area contributed by atoms with E-state index in [-0.39, 0.29) is 0 Å². The maximum atomic E-state index is 4.81. The summed E-state index contributed by atoms with van der Waals surface area (Å²) in [6, 6.07) is 20.0. The predicted octanol–water partition coefficient (Wildman–Crippen LogP) is 5.73. The maximum absolute atomic E-state index is 4.81. The summed E-state index contributed by atoms with van der Waals surface area (Å²) in [6.07, 6.45) is 6.58. The zero-order valence-corrected chi connectivity index (χ0v) is 14.6. The highest BCUT2D eigenvalue weighted by Crippen LogP contribution is 2.23. The molecule has 0 spiro atoms. The van der Waals surface area contributed by atoms with Gasteiger partial charge in [-0.2, -0.15) is 0 Å². The van der Waals surface area contributed by atoms with Crippen LogP contribution in [0.4, 0.5) is 5.69 Å². The van der Waals surface area contributed by atoms with Crippen molar-refractivity contribution in [2.75, 3.05) is 0 Å². The van der Waals surface area contributed by atoms with Crippen molar-refractivity contribution in [3.8, 4) is 11.3 Å². The van der Waals surface area contributed by atoms with Crippen molar-refractivity contribution in [3.63, 3.8) is 0 Å². The van der Waals surface area contributed by atoms with E-state index < -0.39 is 0 Å². The van der Waals surface area contributed by atoms with E-state index in [0.29, 0.717) is 0 Å². The summed E-state index contributed by atoms with van der Waals surface area (Å²) < 4.78 is 0. The van der Waals surface area contributed by atoms with Gasteiger partial charge < -0.3 is 0 Å². The predicted molar refractivity (Wildman–Crippen MR) is 105 cm³/mol. The van der Waals surface area contributed by atoms with Crippen molar-refractivity contribution in [1.29, 1.82) is 0 Å². The van der Waals surface area contributed by atoms with Gasteiger partial charge in [0, 0.05) is 23.7 Å². The Balaban J connectivity index is 1.90. The lowest BCUT2D eigenvalue weighted by atomic mass is 10.1. The summed E-state index contributed by atoms with van der Waals surface area (Å²) in [4.78, 5) is 13.6. The minimum Gasteiger partial charge on any atom is -0.257 e. The van der Waals surface area contributed by atoms with Crippen LogP contribution in [0.1, 0.15) is 26.0 Å². The smallest absolute Gasteiger partial charge is 0.0702 e. The van der Waals surface area contributed by atoms with Gasteiger partial charge >= 0.3 is 0 Å². The molecule has 3 rings (SSSR count). The van der Waals surface area contributed by atoms with Gasteiger partial charge in [0.2, 0.25) is 0 Å². The molecule has 2 aromatic heterocycles. The number of aliphatic imine (C=N–C) groups is 1. The average molecular weight is 327 g/mol. The number of aromatic nitrogens is 2. The highest BCUT2D eigenvalue weighted by Gasteiger charge is 2.02. The first-order valence-corrected chi connectivity index (χ1v) is 8.45. The van der Waals surface area contributed by atoms with Crippen LogP contribution in [-0.2, 0) is 0 Å². The topological polar surface area (TPSA) is 38.1 Å². The summed E-state index contributed by atoms with van der Waals surface area (Å²) >= 11 is 0. The van der Waals surface area contributed by atoms with Crippen LogP contribution in [0, 0.1) is 0 Å². The van der Waals surface area contributed by atoms with Crippen LogP contribution < -0.4 is 0 Å². The summed E-state index contributed by atoms with van der Waals surface area (Å²) in [6.45, 7) is 4.18. The Morgan fingerprint density at radius 1 is 0.960 bits per heavy atom. The van der Waals surface area contributed by atoms with Crippen molar-refractivity contribution in [2.45, 2.75) is 20.3 Å². The van der Waals surface area contributed by atoms with Crippen molar-refractivity contribution >= 4 is 17.0 Å². The molecule has 0 saturated heterocycles. The SMILES string of the molecule is CCC(/C=C(\C)c1ccccn1)=Nc1cccc(-c2ccccn2)c1. The van der Waals surface area contributed by atoms with Gasteiger partial charge in [0.1, 0.15) is 0 Å². The van der Waals surface area contributed by atoms with Crippen LogP contribution in [0.25, 0.3) is 16.8 Å².